The molecule has 0 bridgehead atoms. The molecule has 0 unspecified atom stereocenters. The minimum Gasteiger partial charge on any atom is -0.381 e. The zero-order valence-electron chi connectivity index (χ0n) is 17.1. The number of pyridine rings is 1. The second-order valence-electron chi connectivity index (χ2n) is 7.47. The van der Waals surface area contributed by atoms with Crippen LogP contribution in [-0.2, 0) is 0 Å². The number of rotatable bonds is 7. The quantitative estimate of drug-likeness (QED) is 0.639. The predicted octanol–water partition coefficient (Wildman–Crippen LogP) is 5.31. The summed E-state index contributed by atoms with van der Waals surface area (Å²) in [7, 11) is 0. The van der Waals surface area contributed by atoms with Crippen molar-refractivity contribution in [3.63, 3.8) is 0 Å². The number of nitrogens with one attached hydrogen (secondary N) is 2. The van der Waals surface area contributed by atoms with E-state index >= 15 is 0 Å². The van der Waals surface area contributed by atoms with Crippen molar-refractivity contribution in [3.8, 4) is 0 Å². The van der Waals surface area contributed by atoms with E-state index in [2.05, 4.69) is 34.4 Å². The number of nitrogens with zero attached hydrogens (tertiary/aromatic N) is 2. The standard InChI is InChI=1S/C23H32N4O/c1-3-27(4-2)22-13-11-20(12-14-22)26-23(28)18-15-21(17-24-16-18)25-19-9-7-5-6-8-10-19/h11-17,19,25H,3-10H2,1-2H3,(H,26,28). The number of carbonyl (C=O) groups excluding carboxylic acids is 1. The average molecular weight is 381 g/mol. The monoisotopic (exact) mass is 380 g/mol. The lowest BCUT2D eigenvalue weighted by Gasteiger charge is -2.21. The van der Waals surface area contributed by atoms with Crippen LogP contribution in [0.3, 0.4) is 0 Å². The molecule has 2 N–H and O–H groups in total. The van der Waals surface area contributed by atoms with Crippen LogP contribution in [0, 0.1) is 0 Å². The van der Waals surface area contributed by atoms with Crippen molar-refractivity contribution in [1.82, 2.24) is 4.98 Å². The fourth-order valence-corrected chi connectivity index (χ4v) is 3.85. The zero-order chi connectivity index (χ0) is 19.8. The lowest BCUT2D eigenvalue weighted by atomic mass is 10.1. The molecule has 0 spiro atoms. The van der Waals surface area contributed by atoms with Gasteiger partial charge in [-0.1, -0.05) is 25.7 Å². The van der Waals surface area contributed by atoms with Gasteiger partial charge in [0.25, 0.3) is 5.91 Å². The molecule has 1 saturated carbocycles. The van der Waals surface area contributed by atoms with Crippen molar-refractivity contribution in [1.29, 1.82) is 0 Å². The molecule has 1 aliphatic carbocycles. The van der Waals surface area contributed by atoms with Gasteiger partial charge >= 0.3 is 0 Å². The first-order chi connectivity index (χ1) is 13.7. The van der Waals surface area contributed by atoms with Crippen LogP contribution < -0.4 is 15.5 Å². The molecule has 28 heavy (non-hydrogen) atoms. The van der Waals surface area contributed by atoms with Crippen molar-refractivity contribution in [2.24, 2.45) is 0 Å². The molecule has 1 aromatic heterocycles. The van der Waals surface area contributed by atoms with Crippen LogP contribution in [0.5, 0.6) is 0 Å². The lowest BCUT2D eigenvalue weighted by molar-refractivity contribution is 0.102. The molecule has 5 nitrogen and oxygen atoms in total. The van der Waals surface area contributed by atoms with Crippen molar-refractivity contribution >= 4 is 23.0 Å². The third-order valence-electron chi connectivity index (χ3n) is 5.48. The molecular formula is C23H32N4O. The highest BCUT2D eigenvalue weighted by Gasteiger charge is 2.13. The molecule has 0 aliphatic heterocycles. The molecule has 2 aromatic rings. The van der Waals surface area contributed by atoms with E-state index in [9.17, 15) is 4.79 Å². The van der Waals surface area contributed by atoms with Crippen LogP contribution in [0.15, 0.2) is 42.7 Å². The highest BCUT2D eigenvalue weighted by Crippen LogP contribution is 2.22. The van der Waals surface area contributed by atoms with Gasteiger partial charge in [-0.15, -0.1) is 0 Å². The third kappa shape index (κ3) is 5.47. The van der Waals surface area contributed by atoms with Gasteiger partial charge in [-0.25, -0.2) is 0 Å². The summed E-state index contributed by atoms with van der Waals surface area (Å²) in [6, 6.07) is 10.4. The van der Waals surface area contributed by atoms with Gasteiger partial charge in [-0.3, -0.25) is 9.78 Å². The van der Waals surface area contributed by atoms with Gasteiger partial charge in [-0.2, -0.15) is 0 Å². The topological polar surface area (TPSA) is 57.3 Å². The minimum atomic E-state index is -0.132. The summed E-state index contributed by atoms with van der Waals surface area (Å²) in [5.74, 6) is -0.132. The molecule has 1 aromatic carbocycles. The number of hydrogen-bond donors (Lipinski definition) is 2. The number of hydrogen-bond acceptors (Lipinski definition) is 4. The zero-order valence-corrected chi connectivity index (χ0v) is 17.1. The summed E-state index contributed by atoms with van der Waals surface area (Å²) in [5, 5.41) is 6.54. The Morgan fingerprint density at radius 2 is 1.68 bits per heavy atom. The summed E-state index contributed by atoms with van der Waals surface area (Å²) < 4.78 is 0. The van der Waals surface area contributed by atoms with Crippen LogP contribution in [0.1, 0.15) is 62.7 Å². The van der Waals surface area contributed by atoms with E-state index in [4.69, 9.17) is 0 Å². The Kier molecular flexibility index (Phi) is 7.29. The van der Waals surface area contributed by atoms with Crippen LogP contribution in [0.2, 0.25) is 0 Å². The Morgan fingerprint density at radius 3 is 2.32 bits per heavy atom. The second-order valence-corrected chi connectivity index (χ2v) is 7.47. The van der Waals surface area contributed by atoms with Crippen molar-refractivity contribution in [2.75, 3.05) is 28.6 Å². The summed E-state index contributed by atoms with van der Waals surface area (Å²) in [6.07, 6.45) is 11.0. The van der Waals surface area contributed by atoms with E-state index in [-0.39, 0.29) is 5.91 Å². The van der Waals surface area contributed by atoms with E-state index in [1.54, 1.807) is 12.4 Å². The fourth-order valence-electron chi connectivity index (χ4n) is 3.85. The Bertz CT molecular complexity index is 747. The molecule has 5 heteroatoms. The Hall–Kier alpha value is -2.56. The minimum absolute atomic E-state index is 0.132. The molecule has 150 valence electrons. The van der Waals surface area contributed by atoms with E-state index in [0.29, 0.717) is 11.6 Å². The largest absolute Gasteiger partial charge is 0.381 e. The third-order valence-corrected chi connectivity index (χ3v) is 5.48. The van der Waals surface area contributed by atoms with Gasteiger partial charge in [0, 0.05) is 42.9 Å². The first kappa shape index (κ1) is 20.2. The Balaban J connectivity index is 1.62. The van der Waals surface area contributed by atoms with Gasteiger partial charge in [0.15, 0.2) is 0 Å². The molecule has 1 heterocycles. The number of anilines is 3. The Morgan fingerprint density at radius 1 is 1.00 bits per heavy atom. The van der Waals surface area contributed by atoms with E-state index in [1.807, 2.05) is 30.3 Å². The number of aromatic nitrogens is 1. The summed E-state index contributed by atoms with van der Waals surface area (Å²) in [4.78, 5) is 19.2. The number of amides is 1. The summed E-state index contributed by atoms with van der Waals surface area (Å²) >= 11 is 0. The molecule has 1 fully saturated rings. The maximum atomic E-state index is 12.7. The molecular weight excluding hydrogens is 348 g/mol. The van der Waals surface area contributed by atoms with E-state index in [1.165, 1.54) is 44.2 Å². The molecule has 0 saturated heterocycles. The Labute approximate surface area is 168 Å². The summed E-state index contributed by atoms with van der Waals surface area (Å²) in [5.41, 5.74) is 3.46. The number of benzene rings is 1. The maximum absolute atomic E-state index is 12.7. The summed E-state index contributed by atoms with van der Waals surface area (Å²) in [6.45, 7) is 6.22. The highest BCUT2D eigenvalue weighted by atomic mass is 16.1. The van der Waals surface area contributed by atoms with Gasteiger partial charge < -0.3 is 15.5 Å². The first-order valence-electron chi connectivity index (χ1n) is 10.6. The second kappa shape index (κ2) is 10.1. The molecule has 0 radical (unpaired) electrons. The molecule has 0 atom stereocenters. The van der Waals surface area contributed by atoms with Crippen LogP contribution in [-0.4, -0.2) is 30.0 Å². The number of carbonyl (C=O) groups is 1. The predicted molar refractivity (Wildman–Crippen MR) is 117 cm³/mol. The SMILES string of the molecule is CCN(CC)c1ccc(NC(=O)c2cncc(NC3CCCCCC3)c2)cc1. The first-order valence-corrected chi connectivity index (χ1v) is 10.6. The van der Waals surface area contributed by atoms with Gasteiger partial charge in [0.05, 0.1) is 11.3 Å². The van der Waals surface area contributed by atoms with Crippen molar-refractivity contribution < 1.29 is 4.79 Å². The van der Waals surface area contributed by atoms with Gasteiger partial charge in [-0.05, 0) is 57.0 Å². The van der Waals surface area contributed by atoms with Crippen molar-refractivity contribution in [2.45, 2.75) is 58.4 Å². The van der Waals surface area contributed by atoms with E-state index < -0.39 is 0 Å². The molecule has 1 aliphatic rings. The average Bonchev–Trinajstić information content (AvgIpc) is 2.99. The smallest absolute Gasteiger partial charge is 0.257 e. The van der Waals surface area contributed by atoms with Crippen LogP contribution in [0.4, 0.5) is 17.1 Å². The maximum Gasteiger partial charge on any atom is 0.257 e. The highest BCUT2D eigenvalue weighted by molar-refractivity contribution is 6.04. The van der Waals surface area contributed by atoms with Crippen molar-refractivity contribution in [3.05, 3.63) is 48.3 Å². The molecule has 3 rings (SSSR count). The lowest BCUT2D eigenvalue weighted by Crippen LogP contribution is -2.21. The van der Waals surface area contributed by atoms with Crippen LogP contribution in [0.25, 0.3) is 0 Å². The normalized spacial score (nSPS) is 14.9. The van der Waals surface area contributed by atoms with Gasteiger partial charge in [0.1, 0.15) is 0 Å². The molecule has 1 amide bonds. The van der Waals surface area contributed by atoms with Gasteiger partial charge in [0.2, 0.25) is 0 Å². The fraction of sp³-hybridized carbons (Fsp3) is 0.478. The van der Waals surface area contributed by atoms with E-state index in [0.717, 1.165) is 24.5 Å². The van der Waals surface area contributed by atoms with Crippen LogP contribution >= 0.6 is 0 Å².